The van der Waals surface area contributed by atoms with Crippen molar-refractivity contribution < 1.29 is 38.5 Å². The number of carbonyl (C=O) groups is 4. The lowest BCUT2D eigenvalue weighted by Crippen LogP contribution is -2.45. The summed E-state index contributed by atoms with van der Waals surface area (Å²) < 4.78 is 16.4. The molecule has 2 rings (SSSR count). The van der Waals surface area contributed by atoms with Gasteiger partial charge in [-0.3, -0.25) is 9.59 Å². The van der Waals surface area contributed by atoms with E-state index in [1.54, 1.807) is 32.1 Å². The molecule has 1 heterocycles. The van der Waals surface area contributed by atoms with Gasteiger partial charge in [0.25, 0.3) is 0 Å². The largest absolute Gasteiger partial charge is 0.454 e. The van der Waals surface area contributed by atoms with E-state index in [1.807, 2.05) is 0 Å². The maximum absolute atomic E-state index is 12.6. The highest BCUT2D eigenvalue weighted by Gasteiger charge is 2.49. The van der Waals surface area contributed by atoms with Crippen LogP contribution in [0.2, 0.25) is 0 Å². The zero-order valence-electron chi connectivity index (χ0n) is 17.3. The van der Waals surface area contributed by atoms with Crippen molar-refractivity contribution in [3.05, 3.63) is 47.1 Å². The molecule has 1 aliphatic heterocycles. The Morgan fingerprint density at radius 3 is 2.60 bits per heavy atom. The minimum absolute atomic E-state index is 0.0208. The highest BCUT2D eigenvalue weighted by molar-refractivity contribution is 5.92. The molecule has 8 heteroatoms. The zero-order valence-corrected chi connectivity index (χ0v) is 17.3. The van der Waals surface area contributed by atoms with Gasteiger partial charge in [0.05, 0.1) is 12.5 Å². The topological polar surface area (TPSA) is 116 Å². The van der Waals surface area contributed by atoms with Gasteiger partial charge in [0.1, 0.15) is 12.4 Å². The normalized spacial score (nSPS) is 27.3. The van der Waals surface area contributed by atoms with Crippen molar-refractivity contribution in [2.45, 2.75) is 51.9 Å². The van der Waals surface area contributed by atoms with E-state index in [0.717, 1.165) is 0 Å². The molecule has 0 spiro atoms. The Hall–Kier alpha value is -3.00. The average Bonchev–Trinajstić information content (AvgIpc) is 2.99. The van der Waals surface area contributed by atoms with E-state index in [9.17, 15) is 24.3 Å². The number of fused-ring (bicyclic) bond motifs is 1. The number of rotatable bonds is 5. The Bertz CT molecular complexity index is 832. The lowest BCUT2D eigenvalue weighted by atomic mass is 9.83. The number of aliphatic hydroxyl groups excluding tert-OH is 1. The lowest BCUT2D eigenvalue weighted by molar-refractivity contribution is -0.166. The molecule has 2 aliphatic rings. The van der Waals surface area contributed by atoms with Crippen molar-refractivity contribution in [3.63, 3.8) is 0 Å². The zero-order chi connectivity index (χ0) is 22.4. The highest BCUT2D eigenvalue weighted by Crippen LogP contribution is 2.37. The first kappa shape index (κ1) is 23.3. The molecule has 0 aromatic carbocycles. The second-order valence-electron chi connectivity index (χ2n) is 7.14. The van der Waals surface area contributed by atoms with E-state index in [2.05, 4.69) is 6.58 Å². The molecule has 0 amide bonds. The number of hydrogen-bond acceptors (Lipinski definition) is 8. The van der Waals surface area contributed by atoms with Crippen LogP contribution in [-0.2, 0) is 33.4 Å². The number of allylic oxidation sites excluding steroid dienone is 2. The summed E-state index contributed by atoms with van der Waals surface area (Å²) in [7, 11) is 0. The molecule has 0 radical (unpaired) electrons. The monoisotopic (exact) mass is 418 g/mol. The van der Waals surface area contributed by atoms with Crippen LogP contribution in [0.15, 0.2) is 47.1 Å². The van der Waals surface area contributed by atoms with Gasteiger partial charge in [-0.15, -0.1) is 0 Å². The van der Waals surface area contributed by atoms with Crippen LogP contribution in [0, 0.1) is 5.92 Å². The fourth-order valence-corrected chi connectivity index (χ4v) is 3.39. The minimum Gasteiger partial charge on any atom is -0.454 e. The van der Waals surface area contributed by atoms with Crippen LogP contribution in [0.5, 0.6) is 0 Å². The Labute approximate surface area is 174 Å². The van der Waals surface area contributed by atoms with Crippen molar-refractivity contribution in [2.24, 2.45) is 5.92 Å². The summed E-state index contributed by atoms with van der Waals surface area (Å²) in [4.78, 5) is 48.5. The average molecular weight is 418 g/mol. The van der Waals surface area contributed by atoms with Gasteiger partial charge in [-0.25, -0.2) is 9.59 Å². The van der Waals surface area contributed by atoms with Gasteiger partial charge in [0, 0.05) is 23.6 Å². The van der Waals surface area contributed by atoms with Crippen molar-refractivity contribution >= 4 is 24.2 Å². The van der Waals surface area contributed by atoms with E-state index < -0.39 is 42.1 Å². The summed E-state index contributed by atoms with van der Waals surface area (Å²) in [5, 5.41) is 9.65. The van der Waals surface area contributed by atoms with Crippen molar-refractivity contribution in [3.8, 4) is 0 Å². The minimum atomic E-state index is -1.25. The van der Waals surface area contributed by atoms with Crippen LogP contribution in [0.1, 0.15) is 33.6 Å². The van der Waals surface area contributed by atoms with Gasteiger partial charge in [0.2, 0.25) is 0 Å². The van der Waals surface area contributed by atoms with Crippen LogP contribution in [0.3, 0.4) is 0 Å². The van der Waals surface area contributed by atoms with E-state index in [-0.39, 0.29) is 17.8 Å². The van der Waals surface area contributed by atoms with Gasteiger partial charge >= 0.3 is 17.9 Å². The molecule has 0 aromatic heterocycles. The molecule has 4 unspecified atom stereocenters. The molecular weight excluding hydrogens is 392 g/mol. The van der Waals surface area contributed by atoms with E-state index in [1.165, 1.54) is 6.92 Å². The summed E-state index contributed by atoms with van der Waals surface area (Å²) >= 11 is 0. The van der Waals surface area contributed by atoms with Crippen molar-refractivity contribution in [1.29, 1.82) is 0 Å². The van der Waals surface area contributed by atoms with Gasteiger partial charge in [-0.2, -0.15) is 0 Å². The summed E-state index contributed by atoms with van der Waals surface area (Å²) in [6, 6.07) is 0. The third-order valence-corrected chi connectivity index (χ3v) is 5.12. The fourth-order valence-electron chi connectivity index (χ4n) is 3.39. The molecule has 162 valence electrons. The molecule has 0 aromatic rings. The quantitative estimate of drug-likeness (QED) is 0.236. The molecule has 0 bridgehead atoms. The first-order valence-electron chi connectivity index (χ1n) is 9.60. The molecule has 0 saturated carbocycles. The molecule has 1 saturated heterocycles. The molecule has 8 nitrogen and oxygen atoms in total. The first-order chi connectivity index (χ1) is 14.2. The molecule has 1 aliphatic carbocycles. The fraction of sp³-hybridized carbons (Fsp3) is 0.455. The Kier molecular flexibility index (Phi) is 7.88. The Balaban J connectivity index is 2.66. The smallest absolute Gasteiger partial charge is 0.334 e. The van der Waals surface area contributed by atoms with Gasteiger partial charge in [0.15, 0.2) is 12.2 Å². The van der Waals surface area contributed by atoms with E-state index in [4.69, 9.17) is 14.2 Å². The Morgan fingerprint density at radius 2 is 2.03 bits per heavy atom. The summed E-state index contributed by atoms with van der Waals surface area (Å²) in [5.74, 6) is -3.00. The third-order valence-electron chi connectivity index (χ3n) is 5.12. The highest BCUT2D eigenvalue weighted by atomic mass is 16.6. The number of esters is 3. The second kappa shape index (κ2) is 10.2. The number of aliphatic hydroxyl groups is 1. The predicted molar refractivity (Wildman–Crippen MR) is 106 cm³/mol. The third kappa shape index (κ3) is 5.13. The number of carbonyl (C=O) groups excluding carboxylic acids is 4. The van der Waals surface area contributed by atoms with Crippen LogP contribution >= 0.6 is 0 Å². The standard InChI is InChI=1S/C22H26O8/c1-5-12(2)21(26)30-20-18-13(3)22(27)29-17(18)9-15(10-23)7-6-8-16(11-24)19(20)28-14(4)25/h5,8-9,11,17-20,23H,3,6-7,10H2,1-2,4H3. The van der Waals surface area contributed by atoms with Gasteiger partial charge in [-0.05, 0) is 38.3 Å². The van der Waals surface area contributed by atoms with Crippen LogP contribution < -0.4 is 0 Å². The molecule has 1 fully saturated rings. The maximum Gasteiger partial charge on any atom is 0.334 e. The molecule has 30 heavy (non-hydrogen) atoms. The SMILES string of the molecule is C=C1C(=O)OC2C=C(CO)CCC=C(C=O)C(OC(C)=O)C(OC(=O)C(C)=CC)C12. The molecule has 4 atom stereocenters. The van der Waals surface area contributed by atoms with Crippen molar-refractivity contribution in [2.75, 3.05) is 6.61 Å². The van der Waals surface area contributed by atoms with Crippen LogP contribution in [0.25, 0.3) is 0 Å². The Morgan fingerprint density at radius 1 is 1.33 bits per heavy atom. The van der Waals surface area contributed by atoms with Gasteiger partial charge < -0.3 is 19.3 Å². The van der Waals surface area contributed by atoms with Crippen molar-refractivity contribution in [1.82, 2.24) is 0 Å². The van der Waals surface area contributed by atoms with E-state index in [0.29, 0.717) is 30.3 Å². The molecule has 1 N–H and O–H groups in total. The number of aldehydes is 1. The van der Waals surface area contributed by atoms with Gasteiger partial charge in [-0.1, -0.05) is 18.7 Å². The predicted octanol–water partition coefficient (Wildman–Crippen LogP) is 1.73. The summed E-state index contributed by atoms with van der Waals surface area (Å²) in [6.07, 6.45) is 2.59. The van der Waals surface area contributed by atoms with E-state index >= 15 is 0 Å². The summed E-state index contributed by atoms with van der Waals surface area (Å²) in [5.41, 5.74) is 0.998. The van der Waals surface area contributed by atoms with Crippen LogP contribution in [-0.4, -0.2) is 54.2 Å². The first-order valence-corrected chi connectivity index (χ1v) is 9.60. The lowest BCUT2D eigenvalue weighted by Gasteiger charge is -2.33. The number of ether oxygens (including phenoxy) is 3. The number of hydrogen-bond donors (Lipinski definition) is 1. The maximum atomic E-state index is 12.6. The van der Waals surface area contributed by atoms with Crippen LogP contribution in [0.4, 0.5) is 0 Å². The summed E-state index contributed by atoms with van der Waals surface area (Å²) in [6.45, 7) is 7.87. The second-order valence-corrected chi connectivity index (χ2v) is 7.14. The molecular formula is C22H26O8.